The Hall–Kier alpha value is -1.83. The third kappa shape index (κ3) is 1.69. The molecule has 2 heteroatoms. The fourth-order valence-electron chi connectivity index (χ4n) is 2.55. The Morgan fingerprint density at radius 1 is 1.06 bits per heavy atom. The van der Waals surface area contributed by atoms with Crippen LogP contribution in [0.2, 0.25) is 0 Å². The zero-order valence-electron chi connectivity index (χ0n) is 11.1. The van der Waals surface area contributed by atoms with E-state index in [4.69, 9.17) is 4.99 Å². The zero-order chi connectivity index (χ0) is 12.8. The summed E-state index contributed by atoms with van der Waals surface area (Å²) >= 11 is 0. The van der Waals surface area contributed by atoms with Crippen molar-refractivity contribution in [2.24, 2.45) is 10.4 Å². The van der Waals surface area contributed by atoms with Crippen LogP contribution in [-0.4, -0.2) is 10.8 Å². The highest BCUT2D eigenvalue weighted by molar-refractivity contribution is 5.85. The van der Waals surface area contributed by atoms with Gasteiger partial charge in [0.25, 0.3) is 0 Å². The quantitative estimate of drug-likeness (QED) is 0.660. The van der Waals surface area contributed by atoms with E-state index in [0.717, 1.165) is 0 Å². The van der Waals surface area contributed by atoms with Crippen LogP contribution in [0.3, 0.4) is 0 Å². The summed E-state index contributed by atoms with van der Waals surface area (Å²) in [6.07, 6.45) is 4.14. The molecule has 2 heterocycles. The van der Waals surface area contributed by atoms with Crippen LogP contribution in [0.5, 0.6) is 0 Å². The van der Waals surface area contributed by atoms with Crippen LogP contribution < -0.4 is 0 Å². The fraction of sp³-hybridized carbons (Fsp3) is 0.312. The molecule has 1 aliphatic rings. The summed E-state index contributed by atoms with van der Waals surface area (Å²) in [5, 5.41) is 0. The van der Waals surface area contributed by atoms with E-state index in [1.165, 1.54) is 16.9 Å². The normalized spacial score (nSPS) is 18.1. The van der Waals surface area contributed by atoms with E-state index in [1.54, 1.807) is 0 Å². The second-order valence-corrected chi connectivity index (χ2v) is 5.91. The molecule has 1 unspecified atom stereocenters. The summed E-state index contributed by atoms with van der Waals surface area (Å²) in [7, 11) is 0. The first-order valence-electron chi connectivity index (χ1n) is 6.37. The van der Waals surface area contributed by atoms with Gasteiger partial charge in [-0.25, -0.2) is 0 Å². The van der Waals surface area contributed by atoms with Gasteiger partial charge in [-0.3, -0.25) is 4.99 Å². The van der Waals surface area contributed by atoms with Gasteiger partial charge in [0.1, 0.15) is 0 Å². The van der Waals surface area contributed by atoms with Crippen LogP contribution >= 0.6 is 0 Å². The van der Waals surface area contributed by atoms with Gasteiger partial charge in [-0.15, -0.1) is 0 Å². The molecule has 1 aromatic carbocycles. The zero-order valence-corrected chi connectivity index (χ0v) is 11.1. The Bertz CT molecular complexity index is 600. The van der Waals surface area contributed by atoms with E-state index in [9.17, 15) is 0 Å². The molecular formula is C16H18N2. The Labute approximate surface area is 108 Å². The van der Waals surface area contributed by atoms with Crippen molar-refractivity contribution in [3.63, 3.8) is 0 Å². The minimum atomic E-state index is 0.120. The molecule has 2 nitrogen and oxygen atoms in total. The maximum Gasteiger partial charge on any atom is 0.0951 e. The standard InChI is InChI=1S/C16H18N2/c1-16(2,3)15-14-9-6-10-18(14)13-8-5-4-7-12(13)11-17-15/h4-11,15H,1-3H3. The molecule has 0 saturated carbocycles. The SMILES string of the molecule is CC(C)(C)C1N=Cc2ccccc2-n2cccc21. The predicted octanol–water partition coefficient (Wildman–Crippen LogP) is 4.00. The van der Waals surface area contributed by atoms with Crippen LogP contribution in [0.25, 0.3) is 5.69 Å². The first kappa shape index (κ1) is 11.3. The molecule has 0 saturated heterocycles. The topological polar surface area (TPSA) is 17.3 Å². The van der Waals surface area contributed by atoms with E-state index in [1.807, 2.05) is 6.21 Å². The van der Waals surface area contributed by atoms with E-state index < -0.39 is 0 Å². The second-order valence-electron chi connectivity index (χ2n) is 5.91. The van der Waals surface area contributed by atoms with E-state index in [0.29, 0.717) is 0 Å². The summed E-state index contributed by atoms with van der Waals surface area (Å²) in [4.78, 5) is 4.80. The third-order valence-electron chi connectivity index (χ3n) is 3.44. The monoisotopic (exact) mass is 238 g/mol. The lowest BCUT2D eigenvalue weighted by molar-refractivity contribution is 0.322. The number of benzene rings is 1. The third-order valence-corrected chi connectivity index (χ3v) is 3.44. The molecule has 0 N–H and O–H groups in total. The average molecular weight is 238 g/mol. The lowest BCUT2D eigenvalue weighted by Crippen LogP contribution is -2.18. The summed E-state index contributed by atoms with van der Waals surface area (Å²) in [6.45, 7) is 6.72. The van der Waals surface area contributed by atoms with Crippen LogP contribution in [-0.2, 0) is 0 Å². The Morgan fingerprint density at radius 2 is 1.83 bits per heavy atom. The molecule has 1 atom stereocenters. The Kier molecular flexibility index (Phi) is 2.40. The largest absolute Gasteiger partial charge is 0.318 e. The average Bonchev–Trinajstić information content (AvgIpc) is 2.71. The molecule has 92 valence electrons. The molecule has 0 aliphatic carbocycles. The maximum absolute atomic E-state index is 4.80. The van der Waals surface area contributed by atoms with Gasteiger partial charge in [0.05, 0.1) is 11.7 Å². The highest BCUT2D eigenvalue weighted by atomic mass is 15.0. The van der Waals surface area contributed by atoms with E-state index in [-0.39, 0.29) is 11.5 Å². The summed E-state index contributed by atoms with van der Waals surface area (Å²) in [5.74, 6) is 0. The smallest absolute Gasteiger partial charge is 0.0951 e. The van der Waals surface area contributed by atoms with Gasteiger partial charge in [-0.2, -0.15) is 0 Å². The molecule has 0 radical (unpaired) electrons. The Balaban J connectivity index is 2.25. The van der Waals surface area contributed by atoms with Crippen molar-refractivity contribution in [1.82, 2.24) is 4.57 Å². The number of para-hydroxylation sites is 1. The molecule has 1 aliphatic heterocycles. The number of hydrogen-bond donors (Lipinski definition) is 0. The molecule has 0 spiro atoms. The molecule has 18 heavy (non-hydrogen) atoms. The lowest BCUT2D eigenvalue weighted by atomic mass is 9.85. The molecule has 2 aromatic rings. The van der Waals surface area contributed by atoms with Crippen LogP contribution in [0.15, 0.2) is 47.6 Å². The van der Waals surface area contributed by atoms with Crippen molar-refractivity contribution in [3.8, 4) is 5.69 Å². The second kappa shape index (κ2) is 3.84. The molecule has 0 fully saturated rings. The van der Waals surface area contributed by atoms with Crippen LogP contribution in [0, 0.1) is 5.41 Å². The molecule has 1 aromatic heterocycles. The minimum Gasteiger partial charge on any atom is -0.318 e. The summed E-state index contributed by atoms with van der Waals surface area (Å²) < 4.78 is 2.26. The highest BCUT2D eigenvalue weighted by Crippen LogP contribution is 2.39. The van der Waals surface area contributed by atoms with Gasteiger partial charge >= 0.3 is 0 Å². The van der Waals surface area contributed by atoms with Crippen molar-refractivity contribution in [1.29, 1.82) is 0 Å². The minimum absolute atomic E-state index is 0.120. The molecular weight excluding hydrogens is 220 g/mol. The van der Waals surface area contributed by atoms with Gasteiger partial charge in [0.2, 0.25) is 0 Å². The molecule has 0 bridgehead atoms. The number of aromatic nitrogens is 1. The van der Waals surface area contributed by atoms with Crippen molar-refractivity contribution in [3.05, 3.63) is 53.9 Å². The summed E-state index contributed by atoms with van der Waals surface area (Å²) in [5.41, 5.74) is 3.78. The first-order chi connectivity index (χ1) is 8.57. The van der Waals surface area contributed by atoms with Gasteiger partial charge in [0.15, 0.2) is 0 Å². The molecule has 3 rings (SSSR count). The number of nitrogens with zero attached hydrogens (tertiary/aromatic N) is 2. The van der Waals surface area contributed by atoms with Gasteiger partial charge in [0, 0.05) is 23.7 Å². The number of aliphatic imine (C=N–C) groups is 1. The summed E-state index contributed by atoms with van der Waals surface area (Å²) in [6, 6.07) is 12.9. The first-order valence-corrected chi connectivity index (χ1v) is 6.37. The van der Waals surface area contributed by atoms with Crippen LogP contribution in [0.4, 0.5) is 0 Å². The molecule has 0 amide bonds. The van der Waals surface area contributed by atoms with E-state index in [2.05, 4.69) is 67.9 Å². The number of fused-ring (bicyclic) bond motifs is 3. The van der Waals surface area contributed by atoms with Crippen molar-refractivity contribution < 1.29 is 0 Å². The number of rotatable bonds is 0. The van der Waals surface area contributed by atoms with Crippen LogP contribution in [0.1, 0.15) is 38.1 Å². The van der Waals surface area contributed by atoms with Crippen molar-refractivity contribution >= 4 is 6.21 Å². The van der Waals surface area contributed by atoms with Gasteiger partial charge < -0.3 is 4.57 Å². The highest BCUT2D eigenvalue weighted by Gasteiger charge is 2.29. The maximum atomic E-state index is 4.80. The number of hydrogen-bond acceptors (Lipinski definition) is 1. The van der Waals surface area contributed by atoms with Gasteiger partial charge in [-0.1, -0.05) is 39.0 Å². The lowest BCUT2D eigenvalue weighted by Gasteiger charge is -2.27. The van der Waals surface area contributed by atoms with E-state index >= 15 is 0 Å². The van der Waals surface area contributed by atoms with Gasteiger partial charge in [-0.05, 0) is 23.6 Å². The Morgan fingerprint density at radius 3 is 2.61 bits per heavy atom. The fourth-order valence-corrected chi connectivity index (χ4v) is 2.55. The van der Waals surface area contributed by atoms with Crippen molar-refractivity contribution in [2.45, 2.75) is 26.8 Å². The van der Waals surface area contributed by atoms with Crippen molar-refractivity contribution in [2.75, 3.05) is 0 Å². The predicted molar refractivity (Wildman–Crippen MR) is 75.6 cm³/mol.